The van der Waals surface area contributed by atoms with Gasteiger partial charge in [0, 0.05) is 22.8 Å². The van der Waals surface area contributed by atoms with E-state index in [9.17, 15) is 14.9 Å². The number of carbonyl (C=O) groups is 1. The SMILES string of the molecule is O=C(Cl)c1cc(Br)cn1-c1ccc([N+](=O)[O-])cc1Cl. The maximum atomic E-state index is 11.3. The number of nitro groups is 1. The van der Waals surface area contributed by atoms with Crippen molar-refractivity contribution in [2.75, 3.05) is 0 Å². The maximum absolute atomic E-state index is 11.3. The third-order valence-corrected chi connectivity index (χ3v) is 3.32. The standard InChI is InChI=1S/C11H5BrCl2N2O3/c12-6-3-10(11(14)17)15(5-6)9-2-1-7(16(18)19)4-8(9)13/h1-5H. The lowest BCUT2D eigenvalue weighted by Gasteiger charge is -2.08. The first-order chi connectivity index (χ1) is 8.90. The number of hydrogen-bond acceptors (Lipinski definition) is 3. The van der Waals surface area contributed by atoms with Crippen LogP contribution < -0.4 is 0 Å². The van der Waals surface area contributed by atoms with Crippen LogP contribution in [0.2, 0.25) is 5.02 Å². The van der Waals surface area contributed by atoms with Crippen molar-refractivity contribution in [2.45, 2.75) is 0 Å². The Morgan fingerprint density at radius 3 is 2.58 bits per heavy atom. The third kappa shape index (κ3) is 2.80. The lowest BCUT2D eigenvalue weighted by Crippen LogP contribution is -2.02. The molecule has 0 spiro atoms. The number of hydrogen-bond donors (Lipinski definition) is 0. The van der Waals surface area contributed by atoms with Crippen molar-refractivity contribution in [2.24, 2.45) is 0 Å². The summed E-state index contributed by atoms with van der Waals surface area (Å²) < 4.78 is 2.11. The van der Waals surface area contributed by atoms with Gasteiger partial charge < -0.3 is 4.57 Å². The highest BCUT2D eigenvalue weighted by Crippen LogP contribution is 2.29. The van der Waals surface area contributed by atoms with Gasteiger partial charge in [-0.3, -0.25) is 14.9 Å². The van der Waals surface area contributed by atoms with Crippen molar-refractivity contribution < 1.29 is 9.72 Å². The van der Waals surface area contributed by atoms with E-state index in [0.29, 0.717) is 10.2 Å². The molecule has 0 saturated heterocycles. The molecule has 1 aromatic heterocycles. The van der Waals surface area contributed by atoms with Crippen LogP contribution in [-0.2, 0) is 0 Å². The zero-order chi connectivity index (χ0) is 14.2. The van der Waals surface area contributed by atoms with E-state index in [-0.39, 0.29) is 16.4 Å². The van der Waals surface area contributed by atoms with Crippen molar-refractivity contribution in [3.63, 3.8) is 0 Å². The van der Waals surface area contributed by atoms with E-state index in [1.807, 2.05) is 0 Å². The molecule has 0 atom stereocenters. The molecule has 0 aliphatic rings. The first kappa shape index (κ1) is 14.0. The highest BCUT2D eigenvalue weighted by molar-refractivity contribution is 9.10. The van der Waals surface area contributed by atoms with Gasteiger partial charge in [0.15, 0.2) is 0 Å². The predicted molar refractivity (Wildman–Crippen MR) is 75.3 cm³/mol. The molecule has 2 aromatic rings. The zero-order valence-electron chi connectivity index (χ0n) is 9.14. The highest BCUT2D eigenvalue weighted by Gasteiger charge is 2.16. The topological polar surface area (TPSA) is 65.1 Å². The molecule has 8 heteroatoms. The van der Waals surface area contributed by atoms with Gasteiger partial charge in [-0.05, 0) is 39.7 Å². The molecule has 0 fully saturated rings. The van der Waals surface area contributed by atoms with Crippen molar-refractivity contribution in [3.05, 3.63) is 55.8 Å². The minimum atomic E-state index is -0.653. The lowest BCUT2D eigenvalue weighted by atomic mass is 10.2. The Morgan fingerprint density at radius 2 is 2.05 bits per heavy atom. The van der Waals surface area contributed by atoms with Gasteiger partial charge in [0.2, 0.25) is 0 Å². The Morgan fingerprint density at radius 1 is 1.37 bits per heavy atom. The fourth-order valence-corrected chi connectivity index (χ4v) is 2.42. The van der Waals surface area contributed by atoms with E-state index in [1.54, 1.807) is 6.20 Å². The molecule has 0 aliphatic carbocycles. The maximum Gasteiger partial charge on any atom is 0.271 e. The van der Waals surface area contributed by atoms with Crippen LogP contribution in [0.25, 0.3) is 5.69 Å². The number of carbonyl (C=O) groups excluding carboxylic acids is 1. The normalized spacial score (nSPS) is 10.5. The van der Waals surface area contributed by atoms with Crippen LogP contribution in [0.3, 0.4) is 0 Å². The number of aromatic nitrogens is 1. The van der Waals surface area contributed by atoms with Gasteiger partial charge in [0.05, 0.1) is 15.6 Å². The molecule has 0 unspecified atom stereocenters. The van der Waals surface area contributed by atoms with E-state index in [2.05, 4.69) is 15.9 Å². The average Bonchev–Trinajstić information content (AvgIpc) is 2.71. The molecule has 0 bridgehead atoms. The largest absolute Gasteiger partial charge is 0.310 e. The van der Waals surface area contributed by atoms with Crippen LogP contribution in [-0.4, -0.2) is 14.7 Å². The van der Waals surface area contributed by atoms with Crippen LogP contribution in [0.5, 0.6) is 0 Å². The van der Waals surface area contributed by atoms with E-state index in [4.69, 9.17) is 23.2 Å². The van der Waals surface area contributed by atoms with Crippen molar-refractivity contribution in [1.82, 2.24) is 4.57 Å². The van der Waals surface area contributed by atoms with Crippen molar-refractivity contribution in [3.8, 4) is 5.69 Å². The van der Waals surface area contributed by atoms with Crippen LogP contribution >= 0.6 is 39.1 Å². The first-order valence-corrected chi connectivity index (χ1v) is 6.47. The average molecular weight is 364 g/mol. The van der Waals surface area contributed by atoms with Gasteiger partial charge in [0.25, 0.3) is 10.9 Å². The quantitative estimate of drug-likeness (QED) is 0.466. The summed E-state index contributed by atoms with van der Waals surface area (Å²) in [6.45, 7) is 0. The highest BCUT2D eigenvalue weighted by atomic mass is 79.9. The van der Waals surface area contributed by atoms with Crippen LogP contribution in [0.15, 0.2) is 34.9 Å². The first-order valence-electron chi connectivity index (χ1n) is 4.92. The second-order valence-corrected chi connectivity index (χ2v) is 5.25. The Labute approximate surface area is 126 Å². The monoisotopic (exact) mass is 362 g/mol. The number of non-ortho nitro benzene ring substituents is 1. The van der Waals surface area contributed by atoms with Gasteiger partial charge in [0.1, 0.15) is 5.69 Å². The Hall–Kier alpha value is -1.37. The summed E-state index contributed by atoms with van der Waals surface area (Å²) in [5.74, 6) is 0. The summed E-state index contributed by atoms with van der Waals surface area (Å²) in [5, 5.41) is 10.1. The van der Waals surface area contributed by atoms with E-state index < -0.39 is 10.2 Å². The number of rotatable bonds is 3. The molecule has 0 amide bonds. The number of halogens is 3. The summed E-state index contributed by atoms with van der Waals surface area (Å²) >= 11 is 14.7. The summed E-state index contributed by atoms with van der Waals surface area (Å²) in [4.78, 5) is 21.4. The minimum Gasteiger partial charge on any atom is -0.310 e. The molecule has 0 aliphatic heterocycles. The van der Waals surface area contributed by atoms with Gasteiger partial charge >= 0.3 is 0 Å². The summed E-state index contributed by atoms with van der Waals surface area (Å²) in [5.41, 5.74) is 0.519. The lowest BCUT2D eigenvalue weighted by molar-refractivity contribution is -0.384. The summed E-state index contributed by atoms with van der Waals surface area (Å²) in [7, 11) is 0. The Kier molecular flexibility index (Phi) is 3.93. The molecule has 0 saturated carbocycles. The van der Waals surface area contributed by atoms with E-state index >= 15 is 0 Å². The molecule has 0 radical (unpaired) electrons. The second kappa shape index (κ2) is 5.32. The van der Waals surface area contributed by atoms with Gasteiger partial charge in [-0.2, -0.15) is 0 Å². The van der Waals surface area contributed by atoms with E-state index in [1.165, 1.54) is 28.8 Å². The van der Waals surface area contributed by atoms with Crippen LogP contribution in [0.4, 0.5) is 5.69 Å². The molecule has 2 rings (SSSR count). The second-order valence-electron chi connectivity index (χ2n) is 3.58. The zero-order valence-corrected chi connectivity index (χ0v) is 12.2. The number of nitrogens with zero attached hydrogens (tertiary/aromatic N) is 2. The fourth-order valence-electron chi connectivity index (χ4n) is 1.59. The van der Waals surface area contributed by atoms with Gasteiger partial charge in [-0.15, -0.1) is 0 Å². The molecular formula is C11H5BrCl2N2O3. The molecule has 1 aromatic carbocycles. The molecule has 5 nitrogen and oxygen atoms in total. The number of benzene rings is 1. The number of nitro benzene ring substituents is 1. The molecule has 19 heavy (non-hydrogen) atoms. The van der Waals surface area contributed by atoms with Crippen LogP contribution in [0.1, 0.15) is 10.5 Å². The molecule has 0 N–H and O–H groups in total. The van der Waals surface area contributed by atoms with Gasteiger partial charge in [-0.25, -0.2) is 0 Å². The van der Waals surface area contributed by atoms with Gasteiger partial charge in [-0.1, -0.05) is 11.6 Å². The summed E-state index contributed by atoms with van der Waals surface area (Å²) in [6.07, 6.45) is 1.60. The smallest absolute Gasteiger partial charge is 0.271 e. The molecule has 98 valence electrons. The third-order valence-electron chi connectivity index (χ3n) is 2.39. The summed E-state index contributed by atoms with van der Waals surface area (Å²) in [6, 6.07) is 5.51. The van der Waals surface area contributed by atoms with Crippen LogP contribution in [0, 0.1) is 10.1 Å². The van der Waals surface area contributed by atoms with Crippen molar-refractivity contribution in [1.29, 1.82) is 0 Å². The molecule has 1 heterocycles. The Balaban J connectivity index is 2.59. The Bertz CT molecular complexity index is 685. The minimum absolute atomic E-state index is 0.126. The molecular weight excluding hydrogens is 359 g/mol. The fraction of sp³-hybridized carbons (Fsp3) is 0. The predicted octanol–water partition coefficient (Wildman–Crippen LogP) is 4.18. The van der Waals surface area contributed by atoms with Crippen molar-refractivity contribution >= 4 is 50.1 Å². The van der Waals surface area contributed by atoms with E-state index in [0.717, 1.165) is 0 Å².